The van der Waals surface area contributed by atoms with Crippen LogP contribution in [0.1, 0.15) is 37.8 Å². The van der Waals surface area contributed by atoms with E-state index in [-0.39, 0.29) is 0 Å². The van der Waals surface area contributed by atoms with Gasteiger partial charge >= 0.3 is 0 Å². The zero-order valence-electron chi connectivity index (χ0n) is 15.1. The van der Waals surface area contributed by atoms with Gasteiger partial charge in [-0.1, -0.05) is 38.1 Å². The van der Waals surface area contributed by atoms with E-state index in [0.717, 1.165) is 5.56 Å². The molecule has 0 N–H and O–H groups in total. The van der Waals surface area contributed by atoms with Crippen LogP contribution in [0.4, 0.5) is 0 Å². The van der Waals surface area contributed by atoms with E-state index in [1.807, 2.05) is 12.1 Å². The molecule has 0 bridgehead atoms. The maximum atomic E-state index is 8.08. The molecule has 0 radical (unpaired) electrons. The highest BCUT2D eigenvalue weighted by molar-refractivity contribution is 5.94. The number of hydrogen-bond acceptors (Lipinski definition) is 0. The van der Waals surface area contributed by atoms with Crippen molar-refractivity contribution in [1.29, 1.82) is 0 Å². The third-order valence-electron chi connectivity index (χ3n) is 4.61. The Kier molecular flexibility index (Phi) is 3.42. The molecule has 0 saturated carbocycles. The van der Waals surface area contributed by atoms with Gasteiger partial charge < -0.3 is 0 Å². The van der Waals surface area contributed by atoms with Crippen LogP contribution >= 0.6 is 0 Å². The Hall–Kier alpha value is -2.15. The summed E-state index contributed by atoms with van der Waals surface area (Å²) < 4.78 is 10.2. The van der Waals surface area contributed by atoms with Crippen LogP contribution in [0.15, 0.2) is 48.6 Å². The summed E-state index contributed by atoms with van der Waals surface area (Å²) in [5.74, 6) is 0.525. The van der Waals surface area contributed by atoms with Crippen molar-refractivity contribution in [2.75, 3.05) is 0 Å². The lowest BCUT2D eigenvalue weighted by molar-refractivity contribution is -0.659. The molecule has 0 amide bonds. The molecule has 22 heavy (non-hydrogen) atoms. The SMILES string of the molecule is [2H]c1cc(C)c(C)c(-c2c3ccc(C(C)C)cc3cc[n+]2C)c1. The summed E-state index contributed by atoms with van der Waals surface area (Å²) in [6.07, 6.45) is 2.12. The van der Waals surface area contributed by atoms with Crippen molar-refractivity contribution < 1.29 is 5.94 Å². The van der Waals surface area contributed by atoms with Gasteiger partial charge in [0.05, 0.1) is 6.76 Å². The van der Waals surface area contributed by atoms with Gasteiger partial charge in [0, 0.05) is 11.6 Å². The van der Waals surface area contributed by atoms with Crippen LogP contribution in [0.3, 0.4) is 0 Å². The van der Waals surface area contributed by atoms with Gasteiger partial charge in [-0.15, -0.1) is 0 Å². The zero-order chi connectivity index (χ0) is 16.7. The molecular formula is C21H24N+. The second kappa shape index (κ2) is 5.57. The van der Waals surface area contributed by atoms with Crippen LogP contribution < -0.4 is 4.57 Å². The highest BCUT2D eigenvalue weighted by atomic mass is 14.9. The molecule has 1 aromatic heterocycles. The van der Waals surface area contributed by atoms with Crippen molar-refractivity contribution in [2.45, 2.75) is 33.6 Å². The average Bonchev–Trinajstić information content (AvgIpc) is 2.50. The normalized spacial score (nSPS) is 12.0. The lowest BCUT2D eigenvalue weighted by Crippen LogP contribution is -2.30. The van der Waals surface area contributed by atoms with Crippen molar-refractivity contribution in [3.8, 4) is 11.3 Å². The van der Waals surface area contributed by atoms with E-state index in [4.69, 9.17) is 1.37 Å². The number of rotatable bonds is 2. The molecule has 0 aliphatic rings. The number of nitrogens with zero attached hydrogens (tertiary/aromatic N) is 1. The summed E-state index contributed by atoms with van der Waals surface area (Å²) in [5, 5.41) is 2.50. The molecule has 2 aromatic carbocycles. The minimum Gasteiger partial charge on any atom is -0.200 e. The molecule has 0 aliphatic heterocycles. The molecule has 0 saturated heterocycles. The molecule has 0 fully saturated rings. The Morgan fingerprint density at radius 2 is 1.82 bits per heavy atom. The molecule has 1 nitrogen and oxygen atoms in total. The smallest absolute Gasteiger partial charge is 0.200 e. The summed E-state index contributed by atoms with van der Waals surface area (Å²) in [4.78, 5) is 0. The predicted octanol–water partition coefficient (Wildman–Crippen LogP) is 5.07. The van der Waals surface area contributed by atoms with Gasteiger partial charge in [0.25, 0.3) is 0 Å². The largest absolute Gasteiger partial charge is 0.220 e. The van der Waals surface area contributed by atoms with Crippen molar-refractivity contribution in [1.82, 2.24) is 0 Å². The monoisotopic (exact) mass is 291 g/mol. The van der Waals surface area contributed by atoms with Gasteiger partial charge in [-0.05, 0) is 54.0 Å². The number of aryl methyl sites for hydroxylation is 2. The van der Waals surface area contributed by atoms with Gasteiger partial charge in [-0.2, -0.15) is 0 Å². The first kappa shape index (κ1) is 13.5. The molecule has 0 unspecified atom stereocenters. The molecule has 3 rings (SSSR count). The fourth-order valence-corrected chi connectivity index (χ4v) is 3.01. The highest BCUT2D eigenvalue weighted by Gasteiger charge is 2.17. The first-order chi connectivity index (χ1) is 10.9. The summed E-state index contributed by atoms with van der Waals surface area (Å²) in [6.45, 7) is 8.68. The Bertz CT molecular complexity index is 894. The quantitative estimate of drug-likeness (QED) is 0.580. The maximum absolute atomic E-state index is 8.08. The van der Waals surface area contributed by atoms with Crippen molar-refractivity contribution in [3.05, 3.63) is 65.3 Å². The summed E-state index contributed by atoms with van der Waals surface area (Å²) in [5.41, 5.74) is 6.12. The lowest BCUT2D eigenvalue weighted by Gasteiger charge is -2.11. The summed E-state index contributed by atoms with van der Waals surface area (Å²) >= 11 is 0. The fraction of sp³-hybridized carbons (Fsp3) is 0.286. The predicted molar refractivity (Wildman–Crippen MR) is 94.1 cm³/mol. The Morgan fingerprint density at radius 1 is 1.05 bits per heavy atom. The van der Waals surface area contributed by atoms with E-state index in [1.54, 1.807) is 0 Å². The second-order valence-electron chi connectivity index (χ2n) is 6.45. The van der Waals surface area contributed by atoms with Gasteiger partial charge in [0.1, 0.15) is 7.05 Å². The third-order valence-corrected chi connectivity index (χ3v) is 4.61. The average molecular weight is 291 g/mol. The summed E-state index contributed by atoms with van der Waals surface area (Å²) in [7, 11) is 2.08. The van der Waals surface area contributed by atoms with E-state index in [9.17, 15) is 0 Å². The third kappa shape index (κ3) is 2.41. The molecule has 112 valence electrons. The van der Waals surface area contributed by atoms with Crippen LogP contribution in [0, 0.1) is 13.8 Å². The first-order valence-electron chi connectivity index (χ1n) is 8.39. The molecule has 0 aliphatic carbocycles. The van der Waals surface area contributed by atoms with E-state index >= 15 is 0 Å². The van der Waals surface area contributed by atoms with Crippen LogP contribution in [-0.2, 0) is 7.05 Å². The van der Waals surface area contributed by atoms with Gasteiger partial charge in [-0.25, -0.2) is 4.57 Å². The van der Waals surface area contributed by atoms with Crippen LogP contribution in [0.5, 0.6) is 0 Å². The number of pyridine rings is 1. The number of aromatic nitrogens is 1. The highest BCUT2D eigenvalue weighted by Crippen LogP contribution is 2.30. The van der Waals surface area contributed by atoms with Crippen LogP contribution in [0.2, 0.25) is 0 Å². The number of hydrogen-bond donors (Lipinski definition) is 0. The Balaban J connectivity index is 2.35. The Morgan fingerprint density at radius 3 is 2.55 bits per heavy atom. The Labute approximate surface area is 134 Å². The van der Waals surface area contributed by atoms with Crippen LogP contribution in [0.25, 0.3) is 22.0 Å². The minimum atomic E-state index is 0.525. The van der Waals surface area contributed by atoms with Crippen molar-refractivity contribution in [3.63, 3.8) is 0 Å². The van der Waals surface area contributed by atoms with E-state index in [2.05, 4.69) is 69.8 Å². The standard InChI is InChI=1S/C21H24N/c1-14(2)17-9-10-20-18(13-17)11-12-22(5)21(20)19-8-6-7-15(3)16(19)4/h6-14H,1-5H3/q+1/i6D. The van der Waals surface area contributed by atoms with Gasteiger partial charge in [-0.3, -0.25) is 0 Å². The fourth-order valence-electron chi connectivity index (χ4n) is 3.01. The molecule has 1 heteroatoms. The first-order valence-corrected chi connectivity index (χ1v) is 7.89. The minimum absolute atomic E-state index is 0.525. The molecule has 0 spiro atoms. The van der Waals surface area contributed by atoms with E-state index < -0.39 is 0 Å². The topological polar surface area (TPSA) is 3.88 Å². The summed E-state index contributed by atoms with van der Waals surface area (Å²) in [6, 6.07) is 13.4. The molecule has 1 heterocycles. The number of benzene rings is 2. The van der Waals surface area contributed by atoms with E-state index in [1.165, 1.54) is 33.2 Å². The van der Waals surface area contributed by atoms with E-state index in [0.29, 0.717) is 12.0 Å². The van der Waals surface area contributed by atoms with Crippen molar-refractivity contribution in [2.24, 2.45) is 7.05 Å². The maximum Gasteiger partial charge on any atom is 0.220 e. The van der Waals surface area contributed by atoms with Crippen molar-refractivity contribution >= 4 is 10.8 Å². The van der Waals surface area contributed by atoms with Crippen LogP contribution in [-0.4, -0.2) is 0 Å². The number of fused-ring (bicyclic) bond motifs is 1. The second-order valence-corrected chi connectivity index (χ2v) is 6.45. The lowest BCUT2D eigenvalue weighted by atomic mass is 9.94. The zero-order valence-corrected chi connectivity index (χ0v) is 14.1. The molecule has 3 aromatic rings. The molecular weight excluding hydrogens is 266 g/mol. The van der Waals surface area contributed by atoms with Gasteiger partial charge in [0.15, 0.2) is 6.20 Å². The molecule has 0 atom stereocenters. The van der Waals surface area contributed by atoms with Gasteiger partial charge in [0.2, 0.25) is 5.69 Å².